The Bertz CT molecular complexity index is 256. The van der Waals surface area contributed by atoms with Crippen molar-refractivity contribution in [1.82, 2.24) is 20.3 Å². The van der Waals surface area contributed by atoms with E-state index in [9.17, 15) is 0 Å². The summed E-state index contributed by atoms with van der Waals surface area (Å²) in [6.07, 6.45) is 5.72. The van der Waals surface area contributed by atoms with Crippen LogP contribution >= 0.6 is 0 Å². The van der Waals surface area contributed by atoms with E-state index in [1.54, 1.807) is 4.68 Å². The summed E-state index contributed by atoms with van der Waals surface area (Å²) in [5, 5.41) is 11.3. The molecule has 14 heavy (non-hydrogen) atoms. The van der Waals surface area contributed by atoms with Crippen molar-refractivity contribution in [1.29, 1.82) is 0 Å². The second-order valence-electron chi connectivity index (χ2n) is 3.81. The van der Waals surface area contributed by atoms with Gasteiger partial charge < -0.3 is 5.32 Å². The third-order valence-electron chi connectivity index (χ3n) is 2.27. The van der Waals surface area contributed by atoms with Gasteiger partial charge in [-0.25, -0.2) is 0 Å². The first-order chi connectivity index (χ1) is 6.72. The topological polar surface area (TPSA) is 42.7 Å². The molecule has 1 aromatic heterocycles. The van der Waals surface area contributed by atoms with Crippen molar-refractivity contribution in [2.45, 2.75) is 45.7 Å². The van der Waals surface area contributed by atoms with Crippen molar-refractivity contribution < 1.29 is 0 Å². The van der Waals surface area contributed by atoms with Gasteiger partial charge in [0.2, 0.25) is 0 Å². The van der Waals surface area contributed by atoms with E-state index in [1.165, 1.54) is 19.3 Å². The minimum atomic E-state index is 0.567. The molecule has 1 aromatic rings. The fraction of sp³-hybridized carbons (Fsp3) is 0.800. The molecule has 0 saturated carbocycles. The molecule has 4 nitrogen and oxygen atoms in total. The molecule has 0 bridgehead atoms. The highest BCUT2D eigenvalue weighted by Gasteiger charge is 2.02. The van der Waals surface area contributed by atoms with Crippen LogP contribution in [-0.2, 0) is 13.6 Å². The number of nitrogens with zero attached hydrogens (tertiary/aromatic N) is 3. The van der Waals surface area contributed by atoms with E-state index in [-0.39, 0.29) is 0 Å². The average molecular weight is 196 g/mol. The summed E-state index contributed by atoms with van der Waals surface area (Å²) in [6.45, 7) is 5.25. The van der Waals surface area contributed by atoms with Gasteiger partial charge in [-0.2, -0.15) is 0 Å². The number of hydrogen-bond acceptors (Lipinski definition) is 3. The quantitative estimate of drug-likeness (QED) is 0.749. The smallest absolute Gasteiger partial charge is 0.0964 e. The monoisotopic (exact) mass is 196 g/mol. The van der Waals surface area contributed by atoms with E-state index in [4.69, 9.17) is 0 Å². The van der Waals surface area contributed by atoms with Gasteiger partial charge in [-0.1, -0.05) is 25.0 Å². The van der Waals surface area contributed by atoms with Crippen molar-refractivity contribution in [3.8, 4) is 0 Å². The molecule has 0 aromatic carbocycles. The second kappa shape index (κ2) is 5.75. The summed E-state index contributed by atoms with van der Waals surface area (Å²) >= 11 is 0. The summed E-state index contributed by atoms with van der Waals surface area (Å²) in [6, 6.07) is 0.567. The minimum Gasteiger partial charge on any atom is -0.309 e. The Morgan fingerprint density at radius 2 is 2.36 bits per heavy atom. The van der Waals surface area contributed by atoms with Gasteiger partial charge in [0.1, 0.15) is 0 Å². The lowest BCUT2D eigenvalue weighted by Gasteiger charge is -2.11. The van der Waals surface area contributed by atoms with Crippen molar-refractivity contribution >= 4 is 0 Å². The van der Waals surface area contributed by atoms with E-state index in [2.05, 4.69) is 29.5 Å². The standard InChI is InChI=1S/C10H20N4/c1-4-5-6-9(2)11-7-10-8-14(3)13-12-10/h8-9,11H,4-7H2,1-3H3. The predicted octanol–water partition coefficient (Wildman–Crippen LogP) is 1.48. The molecule has 1 N–H and O–H groups in total. The number of aryl methyl sites for hydroxylation is 1. The molecule has 4 heteroatoms. The molecule has 0 aliphatic carbocycles. The van der Waals surface area contributed by atoms with Crippen LogP contribution in [0.2, 0.25) is 0 Å². The van der Waals surface area contributed by atoms with E-state index in [1.807, 2.05) is 13.2 Å². The van der Waals surface area contributed by atoms with Gasteiger partial charge in [-0.05, 0) is 13.3 Å². The molecule has 0 saturated heterocycles. The van der Waals surface area contributed by atoms with Crippen LogP contribution < -0.4 is 5.32 Å². The molecule has 0 radical (unpaired) electrons. The number of rotatable bonds is 6. The molecule has 0 aliphatic heterocycles. The third kappa shape index (κ3) is 3.87. The number of hydrogen-bond donors (Lipinski definition) is 1. The van der Waals surface area contributed by atoms with Crippen LogP contribution in [0.3, 0.4) is 0 Å². The van der Waals surface area contributed by atoms with Crippen molar-refractivity contribution in [3.05, 3.63) is 11.9 Å². The van der Waals surface area contributed by atoms with Crippen LogP contribution in [0.15, 0.2) is 6.20 Å². The molecule has 0 fully saturated rings. The highest BCUT2D eigenvalue weighted by atomic mass is 15.4. The largest absolute Gasteiger partial charge is 0.309 e. The Labute approximate surface area is 85.7 Å². The number of aromatic nitrogens is 3. The number of nitrogens with one attached hydrogen (secondary N) is 1. The molecule has 1 atom stereocenters. The van der Waals surface area contributed by atoms with Gasteiger partial charge in [-0.15, -0.1) is 5.10 Å². The van der Waals surface area contributed by atoms with E-state index >= 15 is 0 Å². The summed E-state index contributed by atoms with van der Waals surface area (Å²) in [7, 11) is 1.89. The first kappa shape index (κ1) is 11.2. The predicted molar refractivity (Wildman–Crippen MR) is 56.8 cm³/mol. The minimum absolute atomic E-state index is 0.567. The first-order valence-electron chi connectivity index (χ1n) is 5.31. The van der Waals surface area contributed by atoms with Gasteiger partial charge in [-0.3, -0.25) is 4.68 Å². The Morgan fingerprint density at radius 1 is 1.57 bits per heavy atom. The molecule has 0 aliphatic rings. The second-order valence-corrected chi connectivity index (χ2v) is 3.81. The molecule has 80 valence electrons. The van der Waals surface area contributed by atoms with Crippen molar-refractivity contribution in [3.63, 3.8) is 0 Å². The molecular weight excluding hydrogens is 176 g/mol. The maximum Gasteiger partial charge on any atom is 0.0964 e. The van der Waals surface area contributed by atoms with Crippen molar-refractivity contribution in [2.75, 3.05) is 0 Å². The van der Waals surface area contributed by atoms with Crippen LogP contribution in [0.5, 0.6) is 0 Å². The molecule has 1 unspecified atom stereocenters. The fourth-order valence-electron chi connectivity index (χ4n) is 1.37. The van der Waals surface area contributed by atoms with Crippen LogP contribution in [0.25, 0.3) is 0 Å². The van der Waals surface area contributed by atoms with Gasteiger partial charge in [0.25, 0.3) is 0 Å². The molecule has 0 amide bonds. The molecule has 1 heterocycles. The maximum absolute atomic E-state index is 4.02. The van der Waals surface area contributed by atoms with E-state index in [0.29, 0.717) is 6.04 Å². The lowest BCUT2D eigenvalue weighted by atomic mass is 10.1. The normalized spacial score (nSPS) is 13.1. The van der Waals surface area contributed by atoms with Crippen LogP contribution in [0.4, 0.5) is 0 Å². The van der Waals surface area contributed by atoms with Crippen LogP contribution in [0, 0.1) is 0 Å². The van der Waals surface area contributed by atoms with Crippen molar-refractivity contribution in [2.24, 2.45) is 7.05 Å². The van der Waals surface area contributed by atoms with E-state index < -0.39 is 0 Å². The maximum atomic E-state index is 4.02. The van der Waals surface area contributed by atoms with E-state index in [0.717, 1.165) is 12.2 Å². The molecule has 0 spiro atoms. The third-order valence-corrected chi connectivity index (χ3v) is 2.27. The Kier molecular flexibility index (Phi) is 4.59. The zero-order valence-corrected chi connectivity index (χ0v) is 9.32. The SMILES string of the molecule is CCCCC(C)NCc1cn(C)nn1. The zero-order valence-electron chi connectivity index (χ0n) is 9.32. The summed E-state index contributed by atoms with van der Waals surface area (Å²) in [5.74, 6) is 0. The average Bonchev–Trinajstić information content (AvgIpc) is 2.58. The fourth-order valence-corrected chi connectivity index (χ4v) is 1.37. The zero-order chi connectivity index (χ0) is 10.4. The molecular formula is C10H20N4. The summed E-state index contributed by atoms with van der Waals surface area (Å²) < 4.78 is 1.73. The summed E-state index contributed by atoms with van der Waals surface area (Å²) in [5.41, 5.74) is 1.01. The molecule has 1 rings (SSSR count). The lowest BCUT2D eigenvalue weighted by molar-refractivity contribution is 0.491. The summed E-state index contributed by atoms with van der Waals surface area (Å²) in [4.78, 5) is 0. The highest BCUT2D eigenvalue weighted by molar-refractivity contribution is 4.91. The first-order valence-corrected chi connectivity index (χ1v) is 5.31. The van der Waals surface area contributed by atoms with Crippen LogP contribution in [-0.4, -0.2) is 21.0 Å². The van der Waals surface area contributed by atoms with Gasteiger partial charge in [0, 0.05) is 25.8 Å². The van der Waals surface area contributed by atoms with Gasteiger partial charge >= 0.3 is 0 Å². The Morgan fingerprint density at radius 3 is 2.93 bits per heavy atom. The Balaban J connectivity index is 2.20. The van der Waals surface area contributed by atoms with Gasteiger partial charge in [0.15, 0.2) is 0 Å². The number of unbranched alkanes of at least 4 members (excludes halogenated alkanes) is 1. The Hall–Kier alpha value is -0.900. The highest BCUT2D eigenvalue weighted by Crippen LogP contribution is 2.00. The lowest BCUT2D eigenvalue weighted by Crippen LogP contribution is -2.25. The van der Waals surface area contributed by atoms with Crippen LogP contribution in [0.1, 0.15) is 38.8 Å². The van der Waals surface area contributed by atoms with Gasteiger partial charge in [0.05, 0.1) is 5.69 Å².